The molecule has 6 heteroatoms. The van der Waals surface area contributed by atoms with E-state index in [0.717, 1.165) is 17.1 Å². The number of aromatic nitrogens is 3. The minimum Gasteiger partial charge on any atom is -0.497 e. The van der Waals surface area contributed by atoms with Crippen LogP contribution >= 0.6 is 0 Å². The maximum Gasteiger partial charge on any atom is 0.249 e. The van der Waals surface area contributed by atoms with Crippen LogP contribution < -0.4 is 15.4 Å². The van der Waals surface area contributed by atoms with E-state index in [1.54, 1.807) is 13.3 Å². The van der Waals surface area contributed by atoms with Crippen molar-refractivity contribution >= 4 is 23.1 Å². The molecule has 0 bridgehead atoms. The molecule has 0 amide bonds. The Morgan fingerprint density at radius 1 is 0.864 bits per heavy atom. The molecule has 6 nitrogen and oxygen atoms in total. The summed E-state index contributed by atoms with van der Waals surface area (Å²) in [6.45, 7) is 0. The molecule has 1 heterocycles. The number of ether oxygens (including phenoxy) is 1. The third kappa shape index (κ3) is 3.49. The summed E-state index contributed by atoms with van der Waals surface area (Å²) in [7, 11) is 1.64. The molecule has 0 fully saturated rings. The summed E-state index contributed by atoms with van der Waals surface area (Å²) in [6, 6.07) is 17.3. The molecule has 0 aliphatic heterocycles. The third-order valence-corrected chi connectivity index (χ3v) is 2.95. The molecule has 1 aromatic heterocycles. The number of nitrogens with zero attached hydrogens (tertiary/aromatic N) is 3. The molecule has 0 atom stereocenters. The van der Waals surface area contributed by atoms with Crippen LogP contribution in [0.15, 0.2) is 60.8 Å². The summed E-state index contributed by atoms with van der Waals surface area (Å²) in [6.07, 6.45) is 1.57. The van der Waals surface area contributed by atoms with E-state index in [2.05, 4.69) is 25.8 Å². The number of benzene rings is 2. The lowest BCUT2D eigenvalue weighted by molar-refractivity contribution is 0.415. The number of hydrogen-bond donors (Lipinski definition) is 2. The lowest BCUT2D eigenvalue weighted by atomic mass is 10.3. The molecule has 0 saturated carbocycles. The Hall–Kier alpha value is -3.15. The van der Waals surface area contributed by atoms with Crippen molar-refractivity contribution < 1.29 is 4.74 Å². The second-order valence-corrected chi connectivity index (χ2v) is 4.51. The summed E-state index contributed by atoms with van der Waals surface area (Å²) in [5, 5.41) is 14.2. The number of para-hydroxylation sites is 1. The van der Waals surface area contributed by atoms with Crippen LogP contribution in [0.5, 0.6) is 5.75 Å². The normalized spacial score (nSPS) is 10.0. The Morgan fingerprint density at radius 3 is 2.32 bits per heavy atom. The number of nitrogens with one attached hydrogen (secondary N) is 2. The van der Waals surface area contributed by atoms with E-state index in [1.807, 2.05) is 54.6 Å². The van der Waals surface area contributed by atoms with Gasteiger partial charge in [-0.25, -0.2) is 0 Å². The maximum absolute atomic E-state index is 5.13. The van der Waals surface area contributed by atoms with Gasteiger partial charge >= 0.3 is 0 Å². The molecule has 0 saturated heterocycles. The predicted octanol–water partition coefficient (Wildman–Crippen LogP) is 3.37. The van der Waals surface area contributed by atoms with Crippen LogP contribution in [-0.4, -0.2) is 22.3 Å². The summed E-state index contributed by atoms with van der Waals surface area (Å²) < 4.78 is 5.13. The minimum atomic E-state index is 0.435. The minimum absolute atomic E-state index is 0.435. The first-order chi connectivity index (χ1) is 10.8. The highest BCUT2D eigenvalue weighted by atomic mass is 16.5. The highest BCUT2D eigenvalue weighted by Crippen LogP contribution is 2.19. The first kappa shape index (κ1) is 13.8. The largest absolute Gasteiger partial charge is 0.497 e. The Balaban J connectivity index is 1.73. The first-order valence-electron chi connectivity index (χ1n) is 6.76. The Kier molecular flexibility index (Phi) is 4.10. The number of anilines is 4. The molecule has 0 radical (unpaired) electrons. The van der Waals surface area contributed by atoms with Gasteiger partial charge in [0.05, 0.1) is 13.3 Å². The van der Waals surface area contributed by atoms with Crippen molar-refractivity contribution in [2.45, 2.75) is 0 Å². The lowest BCUT2D eigenvalue weighted by Gasteiger charge is -2.08. The van der Waals surface area contributed by atoms with E-state index < -0.39 is 0 Å². The molecule has 0 spiro atoms. The van der Waals surface area contributed by atoms with Gasteiger partial charge in [-0.1, -0.05) is 18.2 Å². The first-order valence-corrected chi connectivity index (χ1v) is 6.76. The van der Waals surface area contributed by atoms with E-state index in [-0.39, 0.29) is 0 Å². The van der Waals surface area contributed by atoms with Crippen LogP contribution in [0.1, 0.15) is 0 Å². The molecule has 3 rings (SSSR count). The van der Waals surface area contributed by atoms with Gasteiger partial charge in [0.15, 0.2) is 5.82 Å². The Morgan fingerprint density at radius 2 is 1.59 bits per heavy atom. The Bertz CT molecular complexity index is 731. The molecular weight excluding hydrogens is 278 g/mol. The van der Waals surface area contributed by atoms with Crippen molar-refractivity contribution in [1.82, 2.24) is 15.2 Å². The SMILES string of the molecule is COc1ccc(Nc2cnnc(Nc3ccccc3)n2)cc1. The third-order valence-electron chi connectivity index (χ3n) is 2.95. The lowest BCUT2D eigenvalue weighted by Crippen LogP contribution is -2.02. The smallest absolute Gasteiger partial charge is 0.249 e. The van der Waals surface area contributed by atoms with Gasteiger partial charge < -0.3 is 15.4 Å². The molecule has 0 unspecified atom stereocenters. The van der Waals surface area contributed by atoms with E-state index in [0.29, 0.717) is 11.8 Å². The highest BCUT2D eigenvalue weighted by molar-refractivity contribution is 5.59. The van der Waals surface area contributed by atoms with Crippen LogP contribution in [0.3, 0.4) is 0 Å². The number of hydrogen-bond acceptors (Lipinski definition) is 6. The van der Waals surface area contributed by atoms with E-state index >= 15 is 0 Å². The van der Waals surface area contributed by atoms with Gasteiger partial charge in [-0.05, 0) is 36.4 Å². The predicted molar refractivity (Wildman–Crippen MR) is 85.8 cm³/mol. The summed E-state index contributed by atoms with van der Waals surface area (Å²) in [4.78, 5) is 4.38. The van der Waals surface area contributed by atoms with Crippen molar-refractivity contribution in [2.24, 2.45) is 0 Å². The second-order valence-electron chi connectivity index (χ2n) is 4.51. The number of rotatable bonds is 5. The van der Waals surface area contributed by atoms with Gasteiger partial charge in [-0.3, -0.25) is 0 Å². The zero-order valence-corrected chi connectivity index (χ0v) is 12.0. The monoisotopic (exact) mass is 293 g/mol. The van der Waals surface area contributed by atoms with E-state index in [9.17, 15) is 0 Å². The number of methoxy groups -OCH3 is 1. The van der Waals surface area contributed by atoms with Gasteiger partial charge in [0, 0.05) is 11.4 Å². The van der Waals surface area contributed by atoms with Crippen molar-refractivity contribution in [1.29, 1.82) is 0 Å². The van der Waals surface area contributed by atoms with Gasteiger partial charge in [0.25, 0.3) is 0 Å². The molecule has 2 N–H and O–H groups in total. The fourth-order valence-corrected chi connectivity index (χ4v) is 1.89. The van der Waals surface area contributed by atoms with Gasteiger partial charge in [0.1, 0.15) is 5.75 Å². The molecular formula is C16H15N5O. The molecule has 3 aromatic rings. The fraction of sp³-hybridized carbons (Fsp3) is 0.0625. The van der Waals surface area contributed by atoms with Crippen LogP contribution in [0.4, 0.5) is 23.1 Å². The highest BCUT2D eigenvalue weighted by Gasteiger charge is 2.02. The van der Waals surface area contributed by atoms with E-state index in [4.69, 9.17) is 4.74 Å². The van der Waals surface area contributed by atoms with Crippen molar-refractivity contribution in [2.75, 3.05) is 17.7 Å². The van der Waals surface area contributed by atoms with Gasteiger partial charge in [-0.15, -0.1) is 5.10 Å². The molecule has 110 valence electrons. The average molecular weight is 293 g/mol. The fourth-order valence-electron chi connectivity index (χ4n) is 1.89. The molecule has 22 heavy (non-hydrogen) atoms. The van der Waals surface area contributed by atoms with Gasteiger partial charge in [0.2, 0.25) is 5.95 Å². The van der Waals surface area contributed by atoms with E-state index in [1.165, 1.54) is 0 Å². The van der Waals surface area contributed by atoms with Crippen molar-refractivity contribution in [3.63, 3.8) is 0 Å². The molecule has 2 aromatic carbocycles. The van der Waals surface area contributed by atoms with Crippen LogP contribution in [0.25, 0.3) is 0 Å². The summed E-state index contributed by atoms with van der Waals surface area (Å²) in [5.74, 6) is 1.85. The zero-order chi connectivity index (χ0) is 15.2. The average Bonchev–Trinajstić information content (AvgIpc) is 2.57. The molecule has 0 aliphatic carbocycles. The van der Waals surface area contributed by atoms with Crippen molar-refractivity contribution in [3.05, 3.63) is 60.8 Å². The van der Waals surface area contributed by atoms with Crippen LogP contribution in [0.2, 0.25) is 0 Å². The summed E-state index contributed by atoms with van der Waals surface area (Å²) >= 11 is 0. The van der Waals surface area contributed by atoms with Gasteiger partial charge in [-0.2, -0.15) is 10.1 Å². The van der Waals surface area contributed by atoms with Crippen LogP contribution in [0, 0.1) is 0 Å². The maximum atomic E-state index is 5.13. The van der Waals surface area contributed by atoms with Crippen LogP contribution in [-0.2, 0) is 0 Å². The summed E-state index contributed by atoms with van der Waals surface area (Å²) in [5.41, 5.74) is 1.80. The Labute approximate surface area is 128 Å². The molecule has 0 aliphatic rings. The second kappa shape index (κ2) is 6.53. The standard InChI is InChI=1S/C16H15N5O/c1-22-14-9-7-13(8-10-14)18-15-11-17-21-16(20-15)19-12-5-3-2-4-6-12/h2-11H,1H3,(H2,18,19,20,21). The quantitative estimate of drug-likeness (QED) is 0.751. The topological polar surface area (TPSA) is 72.0 Å². The zero-order valence-electron chi connectivity index (χ0n) is 12.0. The van der Waals surface area contributed by atoms with Crippen molar-refractivity contribution in [3.8, 4) is 5.75 Å².